The quantitative estimate of drug-likeness (QED) is 0.430. The molecule has 0 spiro atoms. The summed E-state index contributed by atoms with van der Waals surface area (Å²) in [5, 5.41) is 2.82. The first-order chi connectivity index (χ1) is 15.4. The molecule has 0 saturated heterocycles. The molecule has 2 rings (SSSR count). The van der Waals surface area contributed by atoms with Crippen molar-refractivity contribution in [2.24, 2.45) is 0 Å². The van der Waals surface area contributed by atoms with E-state index in [0.29, 0.717) is 17.7 Å². The molecular weight excluding hydrogens is 560 g/mol. The van der Waals surface area contributed by atoms with Crippen LogP contribution in [0.2, 0.25) is 0 Å². The first-order valence-electron chi connectivity index (χ1n) is 10.5. The van der Waals surface area contributed by atoms with E-state index < -0.39 is 34.3 Å². The van der Waals surface area contributed by atoms with Crippen LogP contribution in [0.15, 0.2) is 48.5 Å². The summed E-state index contributed by atoms with van der Waals surface area (Å²) < 4.78 is 40.4. The molecule has 2 amide bonds. The van der Waals surface area contributed by atoms with Gasteiger partial charge < -0.3 is 10.2 Å². The molecular formula is C23H29FIN3O4S. The standard InChI is InChI=1S/C23H29FIN3O4S/c1-5-21(23(30)26-16(2)3)27(14-17-6-8-18(24)9-7-17)22(29)15-28(33(4,31)32)20-12-10-19(25)11-13-20/h6-13,16,21H,5,14-15H2,1-4H3,(H,26,30). The minimum absolute atomic E-state index is 0.0351. The van der Waals surface area contributed by atoms with Crippen molar-refractivity contribution in [1.29, 1.82) is 0 Å². The van der Waals surface area contributed by atoms with Crippen molar-refractivity contribution in [1.82, 2.24) is 10.2 Å². The first kappa shape index (κ1) is 27.0. The molecule has 0 aliphatic rings. The van der Waals surface area contributed by atoms with Gasteiger partial charge in [-0.25, -0.2) is 12.8 Å². The van der Waals surface area contributed by atoms with Crippen molar-refractivity contribution >= 4 is 50.1 Å². The highest BCUT2D eigenvalue weighted by Crippen LogP contribution is 2.21. The van der Waals surface area contributed by atoms with Crippen molar-refractivity contribution in [3.8, 4) is 0 Å². The molecule has 180 valence electrons. The zero-order chi connectivity index (χ0) is 24.8. The lowest BCUT2D eigenvalue weighted by Crippen LogP contribution is -2.53. The van der Waals surface area contributed by atoms with Crippen LogP contribution in [0.25, 0.3) is 0 Å². The number of amides is 2. The second kappa shape index (κ2) is 11.8. The predicted octanol–water partition coefficient (Wildman–Crippen LogP) is 3.53. The first-order valence-corrected chi connectivity index (χ1v) is 13.4. The molecule has 33 heavy (non-hydrogen) atoms. The van der Waals surface area contributed by atoms with Gasteiger partial charge in [0.15, 0.2) is 0 Å². The average molecular weight is 589 g/mol. The fourth-order valence-electron chi connectivity index (χ4n) is 3.31. The second-order valence-corrected chi connectivity index (χ2v) is 11.1. The average Bonchev–Trinajstić information content (AvgIpc) is 2.72. The molecule has 1 unspecified atom stereocenters. The minimum Gasteiger partial charge on any atom is -0.352 e. The number of carbonyl (C=O) groups excluding carboxylic acids is 2. The van der Waals surface area contributed by atoms with Crippen LogP contribution in [-0.4, -0.2) is 50.0 Å². The minimum atomic E-state index is -3.78. The summed E-state index contributed by atoms with van der Waals surface area (Å²) >= 11 is 2.11. The number of carbonyl (C=O) groups is 2. The zero-order valence-corrected chi connectivity index (χ0v) is 22.1. The van der Waals surface area contributed by atoms with Gasteiger partial charge >= 0.3 is 0 Å². The Balaban J connectivity index is 2.42. The molecule has 0 aliphatic carbocycles. The summed E-state index contributed by atoms with van der Waals surface area (Å²) in [6.45, 7) is 4.99. The zero-order valence-electron chi connectivity index (χ0n) is 19.1. The number of hydrogen-bond acceptors (Lipinski definition) is 4. The van der Waals surface area contributed by atoms with Crippen molar-refractivity contribution < 1.29 is 22.4 Å². The van der Waals surface area contributed by atoms with E-state index in [2.05, 4.69) is 27.9 Å². The highest BCUT2D eigenvalue weighted by atomic mass is 127. The van der Waals surface area contributed by atoms with Crippen LogP contribution >= 0.6 is 22.6 Å². The molecule has 0 radical (unpaired) electrons. The molecule has 1 atom stereocenters. The van der Waals surface area contributed by atoms with Crippen LogP contribution in [0.5, 0.6) is 0 Å². The van der Waals surface area contributed by atoms with Gasteiger partial charge in [0.1, 0.15) is 18.4 Å². The predicted molar refractivity (Wildman–Crippen MR) is 136 cm³/mol. The van der Waals surface area contributed by atoms with E-state index in [9.17, 15) is 22.4 Å². The van der Waals surface area contributed by atoms with Crippen molar-refractivity contribution in [3.63, 3.8) is 0 Å². The van der Waals surface area contributed by atoms with Gasteiger partial charge in [-0.15, -0.1) is 0 Å². The Hall–Kier alpha value is -2.21. The highest BCUT2D eigenvalue weighted by molar-refractivity contribution is 14.1. The normalized spacial score (nSPS) is 12.3. The Morgan fingerprint density at radius 2 is 1.64 bits per heavy atom. The van der Waals surface area contributed by atoms with Crippen molar-refractivity contribution in [2.75, 3.05) is 17.1 Å². The Labute approximate surface area is 208 Å². The summed E-state index contributed by atoms with van der Waals surface area (Å²) in [7, 11) is -3.78. The summed E-state index contributed by atoms with van der Waals surface area (Å²) in [6.07, 6.45) is 1.36. The number of nitrogens with zero attached hydrogens (tertiary/aromatic N) is 2. The number of benzene rings is 2. The van der Waals surface area contributed by atoms with Crippen LogP contribution in [0.3, 0.4) is 0 Å². The Morgan fingerprint density at radius 3 is 2.12 bits per heavy atom. The van der Waals surface area contributed by atoms with E-state index in [-0.39, 0.29) is 18.5 Å². The number of hydrogen-bond donors (Lipinski definition) is 1. The van der Waals surface area contributed by atoms with Gasteiger partial charge in [-0.3, -0.25) is 13.9 Å². The fourth-order valence-corrected chi connectivity index (χ4v) is 4.52. The fraction of sp³-hybridized carbons (Fsp3) is 0.391. The summed E-state index contributed by atoms with van der Waals surface area (Å²) in [6, 6.07) is 11.4. The third-order valence-corrected chi connectivity index (χ3v) is 6.74. The summed E-state index contributed by atoms with van der Waals surface area (Å²) in [5.41, 5.74) is 0.980. The van der Waals surface area contributed by atoms with E-state index in [1.807, 2.05) is 13.8 Å². The molecule has 0 bridgehead atoms. The molecule has 0 aliphatic heterocycles. The number of anilines is 1. The lowest BCUT2D eigenvalue weighted by molar-refractivity contribution is -0.140. The third-order valence-electron chi connectivity index (χ3n) is 4.88. The van der Waals surface area contributed by atoms with Gasteiger partial charge in [0.05, 0.1) is 11.9 Å². The smallest absolute Gasteiger partial charge is 0.244 e. The van der Waals surface area contributed by atoms with Crippen LogP contribution in [-0.2, 0) is 26.2 Å². The largest absolute Gasteiger partial charge is 0.352 e. The third kappa shape index (κ3) is 7.95. The highest BCUT2D eigenvalue weighted by Gasteiger charge is 2.31. The lowest BCUT2D eigenvalue weighted by Gasteiger charge is -2.33. The van der Waals surface area contributed by atoms with E-state index in [1.54, 1.807) is 31.2 Å². The number of rotatable bonds is 10. The maximum Gasteiger partial charge on any atom is 0.244 e. The molecule has 1 N–H and O–H groups in total. The van der Waals surface area contributed by atoms with Crippen LogP contribution in [0, 0.1) is 9.39 Å². The van der Waals surface area contributed by atoms with Crippen LogP contribution in [0.1, 0.15) is 32.8 Å². The maximum atomic E-state index is 13.5. The van der Waals surface area contributed by atoms with Gasteiger partial charge in [-0.05, 0) is 84.8 Å². The van der Waals surface area contributed by atoms with E-state index >= 15 is 0 Å². The number of sulfonamides is 1. The Bertz CT molecular complexity index is 1060. The lowest BCUT2D eigenvalue weighted by atomic mass is 10.1. The van der Waals surface area contributed by atoms with Crippen LogP contribution in [0.4, 0.5) is 10.1 Å². The molecule has 7 nitrogen and oxygen atoms in total. The summed E-state index contributed by atoms with van der Waals surface area (Å²) in [4.78, 5) is 27.7. The Kier molecular flexibility index (Phi) is 9.65. The van der Waals surface area contributed by atoms with Gasteiger partial charge in [0, 0.05) is 16.2 Å². The van der Waals surface area contributed by atoms with Crippen molar-refractivity contribution in [3.05, 3.63) is 63.5 Å². The van der Waals surface area contributed by atoms with Gasteiger partial charge in [-0.2, -0.15) is 0 Å². The number of halogens is 2. The maximum absolute atomic E-state index is 13.5. The molecule has 0 fully saturated rings. The SMILES string of the molecule is CCC(C(=O)NC(C)C)N(Cc1ccc(F)cc1)C(=O)CN(c1ccc(I)cc1)S(C)(=O)=O. The molecule has 0 heterocycles. The summed E-state index contributed by atoms with van der Waals surface area (Å²) in [5.74, 6) is -1.28. The monoisotopic (exact) mass is 589 g/mol. The van der Waals surface area contributed by atoms with Gasteiger partial charge in [0.25, 0.3) is 0 Å². The molecule has 2 aromatic carbocycles. The molecule has 2 aromatic rings. The topological polar surface area (TPSA) is 86.8 Å². The molecule has 0 saturated carbocycles. The van der Waals surface area contributed by atoms with E-state index in [1.165, 1.54) is 29.2 Å². The Morgan fingerprint density at radius 1 is 1.06 bits per heavy atom. The van der Waals surface area contributed by atoms with Gasteiger partial charge in [-0.1, -0.05) is 19.1 Å². The van der Waals surface area contributed by atoms with Crippen LogP contribution < -0.4 is 9.62 Å². The van der Waals surface area contributed by atoms with Gasteiger partial charge in [0.2, 0.25) is 21.8 Å². The van der Waals surface area contributed by atoms with Crippen molar-refractivity contribution in [2.45, 2.75) is 45.8 Å². The van der Waals surface area contributed by atoms with E-state index in [0.717, 1.165) is 14.1 Å². The number of nitrogens with one attached hydrogen (secondary N) is 1. The molecule has 10 heteroatoms. The van der Waals surface area contributed by atoms with E-state index in [4.69, 9.17) is 0 Å². The second-order valence-electron chi connectivity index (χ2n) is 7.98. The molecule has 0 aromatic heterocycles.